The summed E-state index contributed by atoms with van der Waals surface area (Å²) in [6, 6.07) is 8.60. The van der Waals surface area contributed by atoms with Crippen LogP contribution >= 0.6 is 0 Å². The van der Waals surface area contributed by atoms with Gasteiger partial charge in [0.25, 0.3) is 0 Å². The molecule has 0 spiro atoms. The maximum Gasteiger partial charge on any atom is 0.411 e. The van der Waals surface area contributed by atoms with Gasteiger partial charge < -0.3 is 9.67 Å². The van der Waals surface area contributed by atoms with E-state index in [4.69, 9.17) is 0 Å². The Morgan fingerprint density at radius 2 is 2.10 bits per heavy atom. The third-order valence-electron chi connectivity index (χ3n) is 4.80. The minimum atomic E-state index is -1.05. The Balaban J connectivity index is 1.56. The number of hydrogen-bond donors (Lipinski definition) is 1. The van der Waals surface area contributed by atoms with Crippen LogP contribution in [0.3, 0.4) is 0 Å². The van der Waals surface area contributed by atoms with E-state index < -0.39 is 6.09 Å². The van der Waals surface area contributed by atoms with Crippen LogP contribution < -0.4 is 10.3 Å². The second-order valence-corrected chi connectivity index (χ2v) is 7.02. The van der Waals surface area contributed by atoms with Gasteiger partial charge in [-0.3, -0.25) is 14.4 Å². The molecule has 1 N–H and O–H groups in total. The first-order chi connectivity index (χ1) is 15.0. The summed E-state index contributed by atoms with van der Waals surface area (Å²) < 4.78 is 5.07. The maximum atomic E-state index is 12.4. The van der Waals surface area contributed by atoms with Gasteiger partial charge in [-0.2, -0.15) is 10.2 Å². The Bertz CT molecular complexity index is 1240. The molecule has 4 rings (SSSR count). The largest absolute Gasteiger partial charge is 0.465 e. The van der Waals surface area contributed by atoms with Crippen LogP contribution in [0.4, 0.5) is 10.5 Å². The van der Waals surface area contributed by atoms with Gasteiger partial charge in [-0.1, -0.05) is 12.1 Å². The topological polar surface area (TPSA) is 111 Å². The highest BCUT2D eigenvalue weighted by Crippen LogP contribution is 2.18. The molecule has 0 aliphatic heterocycles. The molecular formula is C21H21N7O3. The molecule has 0 aliphatic rings. The monoisotopic (exact) mass is 419 g/mol. The Hall–Kier alpha value is -4.21. The third-order valence-corrected chi connectivity index (χ3v) is 4.80. The van der Waals surface area contributed by atoms with E-state index in [1.807, 2.05) is 10.6 Å². The summed E-state index contributed by atoms with van der Waals surface area (Å²) in [5, 5.41) is 18.2. The number of rotatable bonds is 7. The molecule has 10 heteroatoms. The van der Waals surface area contributed by atoms with Gasteiger partial charge in [0.15, 0.2) is 0 Å². The molecule has 3 aromatic heterocycles. The minimum absolute atomic E-state index is 0.180. The summed E-state index contributed by atoms with van der Waals surface area (Å²) in [4.78, 5) is 29.4. The molecule has 10 nitrogen and oxygen atoms in total. The van der Waals surface area contributed by atoms with Gasteiger partial charge in [0.1, 0.15) is 11.4 Å². The fourth-order valence-electron chi connectivity index (χ4n) is 3.24. The highest BCUT2D eigenvalue weighted by molar-refractivity contribution is 5.86. The summed E-state index contributed by atoms with van der Waals surface area (Å²) in [6.07, 6.45) is 9.37. The molecule has 158 valence electrons. The second-order valence-electron chi connectivity index (χ2n) is 7.02. The van der Waals surface area contributed by atoms with Gasteiger partial charge in [0.05, 0.1) is 18.7 Å². The minimum Gasteiger partial charge on any atom is -0.465 e. The van der Waals surface area contributed by atoms with Gasteiger partial charge in [-0.15, -0.1) is 0 Å². The van der Waals surface area contributed by atoms with Crippen LogP contribution in [0.15, 0.2) is 72.4 Å². The van der Waals surface area contributed by atoms with E-state index >= 15 is 0 Å². The molecule has 0 radical (unpaired) electrons. The number of benzene rings is 1. The lowest BCUT2D eigenvalue weighted by Gasteiger charge is -2.20. The van der Waals surface area contributed by atoms with Gasteiger partial charge >= 0.3 is 6.09 Å². The van der Waals surface area contributed by atoms with Crippen molar-refractivity contribution in [2.45, 2.75) is 13.0 Å². The normalized spacial score (nSPS) is 10.9. The zero-order valence-electron chi connectivity index (χ0n) is 16.9. The van der Waals surface area contributed by atoms with E-state index in [0.717, 1.165) is 11.3 Å². The number of anilines is 1. The number of carboxylic acid groups (broad SMARTS) is 1. The molecule has 0 unspecified atom stereocenters. The van der Waals surface area contributed by atoms with Crippen LogP contribution in [0.2, 0.25) is 0 Å². The van der Waals surface area contributed by atoms with Crippen LogP contribution in [0.25, 0.3) is 5.69 Å². The number of imidazole rings is 1. The Morgan fingerprint density at radius 3 is 2.81 bits per heavy atom. The lowest BCUT2D eigenvalue weighted by atomic mass is 10.1. The van der Waals surface area contributed by atoms with Crippen molar-refractivity contribution in [3.05, 3.63) is 89.1 Å². The Labute approximate surface area is 177 Å². The quantitative estimate of drug-likeness (QED) is 0.490. The van der Waals surface area contributed by atoms with Crippen LogP contribution in [0, 0.1) is 0 Å². The molecule has 0 bridgehead atoms. The lowest BCUT2D eigenvalue weighted by Crippen LogP contribution is -2.32. The van der Waals surface area contributed by atoms with Gasteiger partial charge in [0.2, 0.25) is 5.43 Å². The predicted molar refractivity (Wildman–Crippen MR) is 113 cm³/mol. The highest BCUT2D eigenvalue weighted by atomic mass is 16.4. The molecule has 3 heterocycles. The van der Waals surface area contributed by atoms with Crippen LogP contribution in [0.5, 0.6) is 0 Å². The van der Waals surface area contributed by atoms with E-state index in [9.17, 15) is 14.7 Å². The zero-order valence-corrected chi connectivity index (χ0v) is 16.9. The highest BCUT2D eigenvalue weighted by Gasteiger charge is 2.15. The average molecular weight is 419 g/mol. The third kappa shape index (κ3) is 4.69. The van der Waals surface area contributed by atoms with Crippen molar-refractivity contribution in [1.82, 2.24) is 29.1 Å². The molecular weight excluding hydrogens is 398 g/mol. The van der Waals surface area contributed by atoms with Crippen molar-refractivity contribution >= 4 is 11.8 Å². The average Bonchev–Trinajstić information content (AvgIpc) is 3.42. The Morgan fingerprint density at radius 1 is 1.23 bits per heavy atom. The van der Waals surface area contributed by atoms with Crippen LogP contribution in [-0.4, -0.2) is 46.9 Å². The standard InChI is InChI=1S/C21H21N7O3/c1-25-14-18(13-23-25)28-7-5-20(29)19(24-28)12-16-3-2-4-17(11-16)27(21(30)31)10-9-26-8-6-22-15-26/h2-8,11,13-15H,9-10,12H2,1H3,(H,30,31). The molecule has 0 saturated heterocycles. The molecule has 1 aromatic carbocycles. The van der Waals surface area contributed by atoms with E-state index in [1.54, 1.807) is 71.9 Å². The van der Waals surface area contributed by atoms with Crippen molar-refractivity contribution < 1.29 is 9.90 Å². The van der Waals surface area contributed by atoms with E-state index in [1.165, 1.54) is 11.0 Å². The molecule has 4 aromatic rings. The molecule has 0 fully saturated rings. The predicted octanol–water partition coefficient (Wildman–Crippen LogP) is 1.94. The summed E-state index contributed by atoms with van der Waals surface area (Å²) in [5.41, 5.74) is 2.26. The summed E-state index contributed by atoms with van der Waals surface area (Å²) in [6.45, 7) is 0.749. The van der Waals surface area contributed by atoms with E-state index in [0.29, 0.717) is 17.9 Å². The molecule has 1 amide bonds. The first-order valence-electron chi connectivity index (χ1n) is 9.62. The second kappa shape index (κ2) is 8.66. The number of aryl methyl sites for hydroxylation is 1. The Kier molecular flexibility index (Phi) is 5.61. The SMILES string of the molecule is Cn1cc(-n2ccc(=O)c(Cc3cccc(N(CCn4ccnc4)C(=O)O)c3)n2)cn1. The van der Waals surface area contributed by atoms with Gasteiger partial charge in [-0.25, -0.2) is 14.5 Å². The first-order valence-corrected chi connectivity index (χ1v) is 9.62. The van der Waals surface area contributed by atoms with Crippen molar-refractivity contribution in [2.75, 3.05) is 11.4 Å². The fourth-order valence-corrected chi connectivity index (χ4v) is 3.24. The fraction of sp³-hybridized carbons (Fsp3) is 0.190. The molecule has 0 aliphatic carbocycles. The number of carbonyl (C=O) groups is 1. The van der Waals surface area contributed by atoms with Crippen molar-refractivity contribution in [2.24, 2.45) is 7.05 Å². The lowest BCUT2D eigenvalue weighted by molar-refractivity contribution is 0.201. The number of hydrogen-bond acceptors (Lipinski definition) is 5. The summed E-state index contributed by atoms with van der Waals surface area (Å²) >= 11 is 0. The van der Waals surface area contributed by atoms with Crippen molar-refractivity contribution in [3.63, 3.8) is 0 Å². The van der Waals surface area contributed by atoms with Gasteiger partial charge in [0, 0.05) is 56.9 Å². The zero-order chi connectivity index (χ0) is 21.8. The number of aromatic nitrogens is 6. The summed E-state index contributed by atoms with van der Waals surface area (Å²) in [7, 11) is 1.81. The first kappa shape index (κ1) is 20.1. The maximum absolute atomic E-state index is 12.4. The van der Waals surface area contributed by atoms with Crippen LogP contribution in [-0.2, 0) is 20.0 Å². The van der Waals surface area contributed by atoms with Crippen molar-refractivity contribution in [1.29, 1.82) is 0 Å². The van der Waals surface area contributed by atoms with E-state index in [-0.39, 0.29) is 18.4 Å². The number of nitrogens with zero attached hydrogens (tertiary/aromatic N) is 7. The van der Waals surface area contributed by atoms with E-state index in [2.05, 4.69) is 15.2 Å². The summed E-state index contributed by atoms with van der Waals surface area (Å²) in [5.74, 6) is 0. The smallest absolute Gasteiger partial charge is 0.411 e. The van der Waals surface area contributed by atoms with Crippen LogP contribution in [0.1, 0.15) is 11.3 Å². The van der Waals surface area contributed by atoms with Crippen molar-refractivity contribution in [3.8, 4) is 5.69 Å². The molecule has 0 atom stereocenters. The number of amides is 1. The molecule has 0 saturated carbocycles. The van der Waals surface area contributed by atoms with Gasteiger partial charge in [-0.05, 0) is 17.7 Å². The molecule has 31 heavy (non-hydrogen) atoms.